The molecule has 2 atom stereocenters. The third-order valence-corrected chi connectivity index (χ3v) is 5.04. The largest absolute Gasteiger partial charge is 0.452 e. The molecule has 1 aromatic carbocycles. The van der Waals surface area contributed by atoms with Gasteiger partial charge in [0.1, 0.15) is 0 Å². The second-order valence-corrected chi connectivity index (χ2v) is 6.54. The van der Waals surface area contributed by atoms with Gasteiger partial charge in [0.15, 0.2) is 6.61 Å². The summed E-state index contributed by atoms with van der Waals surface area (Å²) in [6.45, 7) is 0.617. The summed E-state index contributed by atoms with van der Waals surface area (Å²) in [7, 11) is 0. The molecule has 2 aliphatic rings. The highest BCUT2D eigenvalue weighted by molar-refractivity contribution is 5.91. The minimum Gasteiger partial charge on any atom is -0.452 e. The van der Waals surface area contributed by atoms with Crippen LogP contribution in [0.5, 0.6) is 0 Å². The molecule has 124 valence electrons. The van der Waals surface area contributed by atoms with E-state index >= 15 is 0 Å². The first-order chi connectivity index (χ1) is 11.1. The number of piperidine rings is 1. The first-order valence-electron chi connectivity index (χ1n) is 8.47. The number of nitrogen functional groups attached to an aromatic ring is 1. The number of hydrogen-bond acceptors (Lipinski definition) is 4. The number of rotatable bonds is 3. The number of nitrogens with two attached hydrogens (primary N) is 1. The predicted octanol–water partition coefficient (Wildman–Crippen LogP) is 2.61. The van der Waals surface area contributed by atoms with E-state index < -0.39 is 5.97 Å². The van der Waals surface area contributed by atoms with Gasteiger partial charge in [-0.25, -0.2) is 4.79 Å². The fourth-order valence-corrected chi connectivity index (χ4v) is 3.85. The maximum Gasteiger partial charge on any atom is 0.338 e. The summed E-state index contributed by atoms with van der Waals surface area (Å²) in [4.78, 5) is 26.4. The van der Waals surface area contributed by atoms with Crippen molar-refractivity contribution in [1.82, 2.24) is 4.90 Å². The van der Waals surface area contributed by atoms with E-state index in [0.29, 0.717) is 23.2 Å². The Morgan fingerprint density at radius 2 is 1.78 bits per heavy atom. The Morgan fingerprint density at radius 1 is 1.09 bits per heavy atom. The molecule has 0 radical (unpaired) electrons. The SMILES string of the molecule is Nc1ccc(C(=O)OCC(=O)N2CCC[C@H]3CCCC[C@H]32)cc1. The van der Waals surface area contributed by atoms with Gasteiger partial charge in [0.2, 0.25) is 0 Å². The minimum absolute atomic E-state index is 0.0644. The quantitative estimate of drug-likeness (QED) is 0.687. The minimum atomic E-state index is -0.476. The van der Waals surface area contributed by atoms with Crippen molar-refractivity contribution in [2.24, 2.45) is 5.92 Å². The molecule has 5 heteroatoms. The van der Waals surface area contributed by atoms with Crippen LogP contribution in [0, 0.1) is 5.92 Å². The van der Waals surface area contributed by atoms with E-state index in [1.165, 1.54) is 25.7 Å². The summed E-state index contributed by atoms with van der Waals surface area (Å²) in [5, 5.41) is 0. The summed E-state index contributed by atoms with van der Waals surface area (Å²) < 4.78 is 5.19. The summed E-state index contributed by atoms with van der Waals surface area (Å²) in [5.74, 6) is 0.0928. The molecule has 1 amide bonds. The molecule has 1 aliphatic carbocycles. The second kappa shape index (κ2) is 7.02. The zero-order valence-electron chi connectivity index (χ0n) is 13.4. The molecular weight excluding hydrogens is 292 g/mol. The Labute approximate surface area is 136 Å². The highest BCUT2D eigenvalue weighted by Crippen LogP contribution is 2.35. The Kier molecular flexibility index (Phi) is 4.84. The van der Waals surface area contributed by atoms with E-state index in [9.17, 15) is 9.59 Å². The smallest absolute Gasteiger partial charge is 0.338 e. The standard InChI is InChI=1S/C18H24N2O3/c19-15-9-7-14(8-10-15)18(22)23-12-17(21)20-11-3-5-13-4-1-2-6-16(13)20/h7-10,13,16H,1-6,11-12,19H2/t13-,16-/m1/s1. The zero-order valence-corrected chi connectivity index (χ0v) is 13.4. The molecule has 2 fully saturated rings. The highest BCUT2D eigenvalue weighted by atomic mass is 16.5. The monoisotopic (exact) mass is 316 g/mol. The number of hydrogen-bond donors (Lipinski definition) is 1. The molecule has 2 N–H and O–H groups in total. The van der Waals surface area contributed by atoms with Gasteiger partial charge in [-0.1, -0.05) is 12.8 Å². The van der Waals surface area contributed by atoms with Gasteiger partial charge >= 0.3 is 5.97 Å². The van der Waals surface area contributed by atoms with Gasteiger partial charge in [-0.3, -0.25) is 4.79 Å². The van der Waals surface area contributed by atoms with Gasteiger partial charge < -0.3 is 15.4 Å². The van der Waals surface area contributed by atoms with Gasteiger partial charge in [-0.05, 0) is 55.9 Å². The lowest BCUT2D eigenvalue weighted by molar-refractivity contribution is -0.140. The number of nitrogens with zero attached hydrogens (tertiary/aromatic N) is 1. The number of esters is 1. The number of likely N-dealkylation sites (tertiary alicyclic amines) is 1. The Morgan fingerprint density at radius 3 is 2.57 bits per heavy atom. The van der Waals surface area contributed by atoms with E-state index in [1.54, 1.807) is 24.3 Å². The first kappa shape index (κ1) is 15.8. The van der Waals surface area contributed by atoms with Gasteiger partial charge in [0, 0.05) is 18.3 Å². The van der Waals surface area contributed by atoms with Crippen LogP contribution in [0.3, 0.4) is 0 Å². The van der Waals surface area contributed by atoms with Crippen LogP contribution >= 0.6 is 0 Å². The Hall–Kier alpha value is -2.04. The maximum absolute atomic E-state index is 12.5. The van der Waals surface area contributed by atoms with E-state index in [2.05, 4.69) is 0 Å². The Bertz CT molecular complexity index is 568. The van der Waals surface area contributed by atoms with Crippen LogP contribution in [0.2, 0.25) is 0 Å². The number of anilines is 1. The predicted molar refractivity (Wildman–Crippen MR) is 87.8 cm³/mol. The molecule has 3 rings (SSSR count). The second-order valence-electron chi connectivity index (χ2n) is 6.54. The van der Waals surface area contributed by atoms with Crippen LogP contribution in [-0.4, -0.2) is 36.0 Å². The van der Waals surface area contributed by atoms with Gasteiger partial charge in [0.05, 0.1) is 5.56 Å². The van der Waals surface area contributed by atoms with Crippen molar-refractivity contribution in [3.05, 3.63) is 29.8 Å². The molecule has 1 saturated carbocycles. The van der Waals surface area contributed by atoms with Crippen molar-refractivity contribution >= 4 is 17.6 Å². The fraction of sp³-hybridized carbons (Fsp3) is 0.556. The molecule has 0 unspecified atom stereocenters. The van der Waals surface area contributed by atoms with Gasteiger partial charge in [0.25, 0.3) is 5.91 Å². The highest BCUT2D eigenvalue weighted by Gasteiger charge is 2.35. The molecule has 0 spiro atoms. The van der Waals surface area contributed by atoms with Crippen LogP contribution in [0.25, 0.3) is 0 Å². The average molecular weight is 316 g/mol. The molecule has 1 heterocycles. The van der Waals surface area contributed by atoms with Crippen molar-refractivity contribution in [2.45, 2.75) is 44.6 Å². The number of benzene rings is 1. The summed E-state index contributed by atoms with van der Waals surface area (Å²) >= 11 is 0. The lowest BCUT2D eigenvalue weighted by Gasteiger charge is -2.44. The average Bonchev–Trinajstić information content (AvgIpc) is 2.59. The number of ether oxygens (including phenoxy) is 1. The van der Waals surface area contributed by atoms with Crippen LogP contribution in [0.1, 0.15) is 48.9 Å². The lowest BCUT2D eigenvalue weighted by Crippen LogP contribution is -2.50. The molecule has 5 nitrogen and oxygen atoms in total. The summed E-state index contributed by atoms with van der Waals surface area (Å²) in [6.07, 6.45) is 7.05. The number of amides is 1. The first-order valence-corrected chi connectivity index (χ1v) is 8.47. The molecular formula is C18H24N2O3. The van der Waals surface area contributed by atoms with Crippen molar-refractivity contribution in [3.63, 3.8) is 0 Å². The maximum atomic E-state index is 12.5. The zero-order chi connectivity index (χ0) is 16.2. The van der Waals surface area contributed by atoms with Crippen LogP contribution < -0.4 is 5.73 Å². The van der Waals surface area contributed by atoms with Crippen molar-refractivity contribution in [2.75, 3.05) is 18.9 Å². The van der Waals surface area contributed by atoms with Crippen molar-refractivity contribution in [3.8, 4) is 0 Å². The molecule has 0 bridgehead atoms. The fourth-order valence-electron chi connectivity index (χ4n) is 3.85. The van der Waals surface area contributed by atoms with Crippen LogP contribution in [0.4, 0.5) is 5.69 Å². The van der Waals surface area contributed by atoms with Gasteiger partial charge in [-0.15, -0.1) is 0 Å². The number of carbonyl (C=O) groups is 2. The third kappa shape index (κ3) is 3.66. The van der Waals surface area contributed by atoms with Crippen molar-refractivity contribution in [1.29, 1.82) is 0 Å². The molecule has 1 aromatic rings. The number of carbonyl (C=O) groups excluding carboxylic acids is 2. The van der Waals surface area contributed by atoms with E-state index in [0.717, 1.165) is 19.4 Å². The van der Waals surface area contributed by atoms with Crippen LogP contribution in [-0.2, 0) is 9.53 Å². The summed E-state index contributed by atoms with van der Waals surface area (Å²) in [6, 6.07) is 6.87. The molecule has 1 aliphatic heterocycles. The number of fused-ring (bicyclic) bond motifs is 1. The van der Waals surface area contributed by atoms with E-state index in [1.807, 2.05) is 4.90 Å². The van der Waals surface area contributed by atoms with Crippen molar-refractivity contribution < 1.29 is 14.3 Å². The van der Waals surface area contributed by atoms with E-state index in [-0.39, 0.29) is 12.5 Å². The third-order valence-electron chi connectivity index (χ3n) is 5.04. The Balaban J connectivity index is 1.56. The van der Waals surface area contributed by atoms with Crippen LogP contribution in [0.15, 0.2) is 24.3 Å². The summed E-state index contributed by atoms with van der Waals surface area (Å²) in [5.41, 5.74) is 6.61. The normalized spacial score (nSPS) is 23.9. The topological polar surface area (TPSA) is 72.6 Å². The molecule has 1 saturated heterocycles. The molecule has 23 heavy (non-hydrogen) atoms. The van der Waals surface area contributed by atoms with Gasteiger partial charge in [-0.2, -0.15) is 0 Å². The molecule has 0 aromatic heterocycles. The lowest BCUT2D eigenvalue weighted by atomic mass is 9.78. The van der Waals surface area contributed by atoms with E-state index in [4.69, 9.17) is 10.5 Å².